The van der Waals surface area contributed by atoms with Gasteiger partial charge in [0.05, 0.1) is 19.2 Å². The molecule has 140 valence electrons. The van der Waals surface area contributed by atoms with Gasteiger partial charge >= 0.3 is 0 Å². The zero-order chi connectivity index (χ0) is 19.2. The molecule has 2 aromatic heterocycles. The van der Waals surface area contributed by atoms with Crippen LogP contribution < -0.4 is 10.9 Å². The number of rotatable bonds is 7. The van der Waals surface area contributed by atoms with Crippen LogP contribution >= 0.6 is 11.3 Å². The Bertz CT molecular complexity index is 955. The van der Waals surface area contributed by atoms with Crippen LogP contribution in [0.25, 0.3) is 0 Å². The van der Waals surface area contributed by atoms with E-state index in [0.29, 0.717) is 6.61 Å². The third kappa shape index (κ3) is 4.66. The quantitative estimate of drug-likeness (QED) is 0.676. The minimum Gasteiger partial charge on any atom is -0.383 e. The third-order valence-corrected chi connectivity index (χ3v) is 4.85. The number of carbonyl (C=O) groups excluding carboxylic acids is 1. The van der Waals surface area contributed by atoms with E-state index in [9.17, 15) is 14.0 Å². The average Bonchev–Trinajstić information content (AvgIpc) is 3.20. The van der Waals surface area contributed by atoms with Crippen molar-refractivity contribution < 1.29 is 13.9 Å². The Labute approximate surface area is 159 Å². The van der Waals surface area contributed by atoms with Crippen molar-refractivity contribution in [3.63, 3.8) is 0 Å². The molecule has 0 spiro atoms. The standard InChI is InChI=1S/C19H18FN3O3S/c1-26-11-10-23-17(24)9-8-15(22-23)19(25)21-18(16-3-2-12-27-16)13-4-6-14(20)7-5-13/h2-9,12,18H,10-11H2,1H3,(H,21,25)/t18-/m0/s1. The molecule has 27 heavy (non-hydrogen) atoms. The molecule has 0 aliphatic carbocycles. The molecular formula is C19H18FN3O3S. The summed E-state index contributed by atoms with van der Waals surface area (Å²) < 4.78 is 19.4. The number of ether oxygens (including phenoxy) is 1. The van der Waals surface area contributed by atoms with Gasteiger partial charge in [-0.15, -0.1) is 11.3 Å². The molecule has 6 nitrogen and oxygen atoms in total. The summed E-state index contributed by atoms with van der Waals surface area (Å²) in [6.07, 6.45) is 0. The lowest BCUT2D eigenvalue weighted by molar-refractivity contribution is 0.0934. The van der Waals surface area contributed by atoms with Crippen LogP contribution in [0.4, 0.5) is 4.39 Å². The number of hydrogen-bond acceptors (Lipinski definition) is 5. The van der Waals surface area contributed by atoms with Gasteiger partial charge in [-0.05, 0) is 35.2 Å². The smallest absolute Gasteiger partial charge is 0.272 e. The van der Waals surface area contributed by atoms with Crippen molar-refractivity contribution in [2.24, 2.45) is 0 Å². The number of methoxy groups -OCH3 is 1. The summed E-state index contributed by atoms with van der Waals surface area (Å²) in [5.74, 6) is -0.772. The number of thiophene rings is 1. The van der Waals surface area contributed by atoms with Gasteiger partial charge in [0, 0.05) is 18.1 Å². The molecule has 0 radical (unpaired) electrons. The number of nitrogens with one attached hydrogen (secondary N) is 1. The van der Waals surface area contributed by atoms with Gasteiger partial charge in [-0.25, -0.2) is 9.07 Å². The molecule has 0 saturated carbocycles. The highest BCUT2D eigenvalue weighted by atomic mass is 32.1. The number of benzene rings is 1. The van der Waals surface area contributed by atoms with Gasteiger partial charge in [-0.3, -0.25) is 9.59 Å². The number of hydrogen-bond donors (Lipinski definition) is 1. The maximum absolute atomic E-state index is 13.3. The maximum atomic E-state index is 13.3. The Morgan fingerprint density at radius 3 is 2.70 bits per heavy atom. The van der Waals surface area contributed by atoms with Crippen molar-refractivity contribution in [3.8, 4) is 0 Å². The highest BCUT2D eigenvalue weighted by molar-refractivity contribution is 7.10. The summed E-state index contributed by atoms with van der Waals surface area (Å²) in [5, 5.41) is 8.93. The van der Waals surface area contributed by atoms with Crippen molar-refractivity contribution >= 4 is 17.2 Å². The molecule has 0 aliphatic rings. The van der Waals surface area contributed by atoms with E-state index in [1.807, 2.05) is 17.5 Å². The monoisotopic (exact) mass is 387 g/mol. The molecule has 3 rings (SSSR count). The SMILES string of the molecule is COCCn1nc(C(=O)N[C@@H](c2ccc(F)cc2)c2cccs2)ccc1=O. The van der Waals surface area contributed by atoms with E-state index in [1.165, 1.54) is 47.4 Å². The Hall–Kier alpha value is -2.84. The maximum Gasteiger partial charge on any atom is 0.272 e. The zero-order valence-corrected chi connectivity index (χ0v) is 15.4. The first-order chi connectivity index (χ1) is 13.1. The molecule has 1 N–H and O–H groups in total. The van der Waals surface area contributed by atoms with Crippen LogP contribution in [0.2, 0.25) is 0 Å². The van der Waals surface area contributed by atoms with E-state index < -0.39 is 11.9 Å². The first-order valence-corrected chi connectivity index (χ1v) is 9.13. The van der Waals surface area contributed by atoms with Crippen LogP contribution in [0, 0.1) is 5.82 Å². The van der Waals surface area contributed by atoms with Gasteiger partial charge in [-0.1, -0.05) is 18.2 Å². The number of nitrogens with zero attached hydrogens (tertiary/aromatic N) is 2. The van der Waals surface area contributed by atoms with Crippen LogP contribution in [-0.4, -0.2) is 29.4 Å². The summed E-state index contributed by atoms with van der Waals surface area (Å²) in [6.45, 7) is 0.564. The first kappa shape index (κ1) is 18.9. The summed E-state index contributed by atoms with van der Waals surface area (Å²) in [5.41, 5.74) is 0.561. The fraction of sp³-hybridized carbons (Fsp3) is 0.211. The topological polar surface area (TPSA) is 73.2 Å². The molecule has 8 heteroatoms. The number of halogens is 1. The molecule has 2 heterocycles. The minimum atomic E-state index is -0.445. The van der Waals surface area contributed by atoms with E-state index in [1.54, 1.807) is 12.1 Å². The average molecular weight is 387 g/mol. The third-order valence-electron chi connectivity index (χ3n) is 3.91. The van der Waals surface area contributed by atoms with Gasteiger partial charge < -0.3 is 10.1 Å². The summed E-state index contributed by atoms with van der Waals surface area (Å²) in [7, 11) is 1.52. The van der Waals surface area contributed by atoms with Gasteiger partial charge in [-0.2, -0.15) is 5.10 Å². The fourth-order valence-corrected chi connectivity index (χ4v) is 3.34. The molecule has 0 unspecified atom stereocenters. The van der Waals surface area contributed by atoms with Gasteiger partial charge in [0.15, 0.2) is 0 Å². The van der Waals surface area contributed by atoms with Crippen molar-refractivity contribution in [1.29, 1.82) is 0 Å². The normalized spacial score (nSPS) is 11.9. The zero-order valence-electron chi connectivity index (χ0n) is 14.6. The first-order valence-electron chi connectivity index (χ1n) is 8.25. The second-order valence-corrected chi connectivity index (χ2v) is 6.73. The van der Waals surface area contributed by atoms with E-state index in [4.69, 9.17) is 4.74 Å². The largest absolute Gasteiger partial charge is 0.383 e. The predicted molar refractivity (Wildman–Crippen MR) is 100 cm³/mol. The Kier molecular flexibility index (Phi) is 6.10. The molecule has 0 saturated heterocycles. The van der Waals surface area contributed by atoms with Crippen LogP contribution in [0.3, 0.4) is 0 Å². The van der Waals surface area contributed by atoms with Crippen LogP contribution in [-0.2, 0) is 11.3 Å². The van der Waals surface area contributed by atoms with Crippen molar-refractivity contribution in [1.82, 2.24) is 15.1 Å². The number of carbonyl (C=O) groups is 1. The lowest BCUT2D eigenvalue weighted by Crippen LogP contribution is -2.32. The Morgan fingerprint density at radius 1 is 1.26 bits per heavy atom. The van der Waals surface area contributed by atoms with Crippen LogP contribution in [0.15, 0.2) is 58.7 Å². The highest BCUT2D eigenvalue weighted by Crippen LogP contribution is 2.26. The van der Waals surface area contributed by atoms with E-state index in [0.717, 1.165) is 10.4 Å². The number of aromatic nitrogens is 2. The van der Waals surface area contributed by atoms with Crippen molar-refractivity contribution in [2.45, 2.75) is 12.6 Å². The lowest BCUT2D eigenvalue weighted by Gasteiger charge is -2.18. The highest BCUT2D eigenvalue weighted by Gasteiger charge is 2.20. The summed E-state index contributed by atoms with van der Waals surface area (Å²) >= 11 is 1.48. The Balaban J connectivity index is 1.87. The Morgan fingerprint density at radius 2 is 2.04 bits per heavy atom. The van der Waals surface area contributed by atoms with Crippen LogP contribution in [0.1, 0.15) is 27.0 Å². The minimum absolute atomic E-state index is 0.120. The molecule has 1 atom stereocenters. The molecule has 0 fully saturated rings. The van der Waals surface area contributed by atoms with Gasteiger partial charge in [0.2, 0.25) is 0 Å². The molecule has 3 aromatic rings. The number of amides is 1. The molecule has 0 bridgehead atoms. The lowest BCUT2D eigenvalue weighted by atomic mass is 10.0. The van der Waals surface area contributed by atoms with Crippen molar-refractivity contribution in [3.05, 3.63) is 86.2 Å². The molecule has 1 aromatic carbocycles. The predicted octanol–water partition coefficient (Wildman–Crippen LogP) is 2.61. The summed E-state index contributed by atoms with van der Waals surface area (Å²) in [4.78, 5) is 25.5. The molecular weight excluding hydrogens is 369 g/mol. The van der Waals surface area contributed by atoms with Crippen LogP contribution in [0.5, 0.6) is 0 Å². The summed E-state index contributed by atoms with van der Waals surface area (Å²) in [6, 6.07) is 12.0. The van der Waals surface area contributed by atoms with Crippen molar-refractivity contribution in [2.75, 3.05) is 13.7 Å². The van der Waals surface area contributed by atoms with E-state index >= 15 is 0 Å². The second-order valence-electron chi connectivity index (χ2n) is 5.75. The van der Waals surface area contributed by atoms with Gasteiger partial charge in [0.1, 0.15) is 11.5 Å². The van der Waals surface area contributed by atoms with E-state index in [2.05, 4.69) is 10.4 Å². The molecule has 0 aliphatic heterocycles. The van der Waals surface area contributed by atoms with Gasteiger partial charge in [0.25, 0.3) is 11.5 Å². The fourth-order valence-electron chi connectivity index (χ4n) is 2.54. The second kappa shape index (κ2) is 8.70. The van der Waals surface area contributed by atoms with E-state index in [-0.39, 0.29) is 23.6 Å². The molecule has 1 amide bonds.